The molecule has 0 amide bonds. The van der Waals surface area contributed by atoms with E-state index in [1.807, 2.05) is 17.1 Å². The Balaban J connectivity index is 1.44. The second-order valence-electron chi connectivity index (χ2n) is 10.4. The van der Waals surface area contributed by atoms with Gasteiger partial charge in [0.1, 0.15) is 6.10 Å². The number of nitrogens with zero attached hydrogens (tertiary/aromatic N) is 2. The van der Waals surface area contributed by atoms with Gasteiger partial charge in [0.05, 0.1) is 6.33 Å². The molecule has 1 aromatic heterocycles. The Kier molecular flexibility index (Phi) is 4.57. The number of hydrogen-bond acceptors (Lipinski definition) is 4. The van der Waals surface area contributed by atoms with E-state index in [1.54, 1.807) is 6.20 Å². The van der Waals surface area contributed by atoms with Gasteiger partial charge < -0.3 is 9.30 Å². The predicted molar refractivity (Wildman–Crippen MR) is 114 cm³/mol. The van der Waals surface area contributed by atoms with Crippen LogP contribution in [0.15, 0.2) is 35.9 Å². The van der Waals surface area contributed by atoms with E-state index < -0.39 is 0 Å². The molecule has 5 nitrogen and oxygen atoms in total. The number of carbonyl (C=O) groups is 2. The maximum absolute atomic E-state index is 12.0. The molecule has 5 rings (SSSR count). The van der Waals surface area contributed by atoms with Crippen molar-refractivity contribution < 1.29 is 14.3 Å². The molecule has 0 N–H and O–H groups in total. The van der Waals surface area contributed by atoms with E-state index in [1.165, 1.54) is 31.8 Å². The van der Waals surface area contributed by atoms with Gasteiger partial charge in [0.25, 0.3) is 0 Å². The highest BCUT2D eigenvalue weighted by Crippen LogP contribution is 2.66. The Morgan fingerprint density at radius 3 is 2.77 bits per heavy atom. The van der Waals surface area contributed by atoms with E-state index in [-0.39, 0.29) is 17.5 Å². The van der Waals surface area contributed by atoms with Crippen molar-refractivity contribution in [1.29, 1.82) is 0 Å². The fourth-order valence-electron chi connectivity index (χ4n) is 7.59. The average Bonchev–Trinajstić information content (AvgIpc) is 3.32. The molecular weight excluding hydrogens is 376 g/mol. The molecule has 4 aliphatic carbocycles. The fraction of sp³-hybridized carbons (Fsp3) is 0.640. The Morgan fingerprint density at radius 2 is 2.07 bits per heavy atom. The highest BCUT2D eigenvalue weighted by molar-refractivity contribution is 5.92. The van der Waals surface area contributed by atoms with E-state index in [0.29, 0.717) is 23.2 Å². The van der Waals surface area contributed by atoms with Crippen LogP contribution in [-0.2, 0) is 14.3 Å². The van der Waals surface area contributed by atoms with Crippen LogP contribution in [0.3, 0.4) is 0 Å². The summed E-state index contributed by atoms with van der Waals surface area (Å²) in [5, 5.41) is 0. The summed E-state index contributed by atoms with van der Waals surface area (Å²) in [6, 6.07) is 0. The smallest absolute Gasteiger partial charge is 0.302 e. The van der Waals surface area contributed by atoms with Gasteiger partial charge in [0, 0.05) is 36.0 Å². The number of carbonyl (C=O) groups excluding carboxylic acids is 2. The third kappa shape index (κ3) is 2.77. The molecule has 1 aromatic rings. The van der Waals surface area contributed by atoms with E-state index in [0.717, 1.165) is 43.2 Å². The number of esters is 1. The zero-order valence-electron chi connectivity index (χ0n) is 18.3. The highest BCUT2D eigenvalue weighted by atomic mass is 16.5. The van der Waals surface area contributed by atoms with Crippen molar-refractivity contribution in [3.8, 4) is 0 Å². The maximum atomic E-state index is 12.0. The van der Waals surface area contributed by atoms with Gasteiger partial charge in [-0.3, -0.25) is 9.59 Å². The van der Waals surface area contributed by atoms with Gasteiger partial charge in [0.15, 0.2) is 6.29 Å². The molecule has 0 radical (unpaired) electrons. The van der Waals surface area contributed by atoms with Gasteiger partial charge in [0.2, 0.25) is 0 Å². The minimum absolute atomic E-state index is 0.0871. The zero-order valence-corrected chi connectivity index (χ0v) is 18.3. The average molecular weight is 409 g/mol. The molecule has 0 aromatic carbocycles. The van der Waals surface area contributed by atoms with Crippen molar-refractivity contribution in [1.82, 2.24) is 9.55 Å². The lowest BCUT2D eigenvalue weighted by Crippen LogP contribution is -2.51. The van der Waals surface area contributed by atoms with Crippen LogP contribution >= 0.6 is 0 Å². The summed E-state index contributed by atoms with van der Waals surface area (Å²) < 4.78 is 7.63. The molecule has 0 bridgehead atoms. The Morgan fingerprint density at radius 1 is 1.23 bits per heavy atom. The van der Waals surface area contributed by atoms with E-state index >= 15 is 0 Å². The first-order valence-electron chi connectivity index (χ1n) is 11.4. The van der Waals surface area contributed by atoms with Gasteiger partial charge in [-0.25, -0.2) is 4.98 Å². The zero-order chi connectivity index (χ0) is 21.1. The van der Waals surface area contributed by atoms with Gasteiger partial charge in [-0.15, -0.1) is 0 Å². The maximum Gasteiger partial charge on any atom is 0.302 e. The van der Waals surface area contributed by atoms with Crippen LogP contribution in [-0.4, -0.2) is 27.9 Å². The molecule has 0 unspecified atom stereocenters. The fourth-order valence-corrected chi connectivity index (χ4v) is 7.59. The molecular formula is C25H32N2O3. The van der Waals surface area contributed by atoms with Crippen molar-refractivity contribution in [3.63, 3.8) is 0 Å². The molecule has 0 aliphatic heterocycles. The molecule has 5 heteroatoms. The number of ether oxygens (including phenoxy) is 1. The van der Waals surface area contributed by atoms with Crippen molar-refractivity contribution >= 4 is 18.0 Å². The molecule has 0 saturated heterocycles. The second-order valence-corrected chi connectivity index (χ2v) is 10.4. The Bertz CT molecular complexity index is 930. The molecule has 0 spiro atoms. The molecule has 4 aliphatic rings. The van der Waals surface area contributed by atoms with Gasteiger partial charge in [-0.05, 0) is 74.2 Å². The van der Waals surface area contributed by atoms with Crippen LogP contribution in [0.2, 0.25) is 0 Å². The molecule has 30 heavy (non-hydrogen) atoms. The van der Waals surface area contributed by atoms with Crippen LogP contribution in [0.1, 0.15) is 65.7 Å². The highest BCUT2D eigenvalue weighted by Gasteiger charge is 2.57. The third-order valence-electron chi connectivity index (χ3n) is 8.97. The quantitative estimate of drug-likeness (QED) is 0.532. The molecule has 6 atom stereocenters. The van der Waals surface area contributed by atoms with Crippen LogP contribution in [0, 0.1) is 28.6 Å². The largest absolute Gasteiger partial charge is 0.463 e. The molecule has 160 valence electrons. The Labute approximate surface area is 178 Å². The summed E-state index contributed by atoms with van der Waals surface area (Å²) in [5.74, 6) is 1.64. The monoisotopic (exact) mass is 408 g/mol. The van der Waals surface area contributed by atoms with E-state index in [4.69, 9.17) is 4.74 Å². The van der Waals surface area contributed by atoms with E-state index in [2.05, 4.69) is 24.9 Å². The summed E-state index contributed by atoms with van der Waals surface area (Å²) in [4.78, 5) is 27.7. The summed E-state index contributed by atoms with van der Waals surface area (Å²) in [7, 11) is 0. The first-order chi connectivity index (χ1) is 14.4. The van der Waals surface area contributed by atoms with Crippen molar-refractivity contribution in [3.05, 3.63) is 35.9 Å². The number of aldehydes is 1. The number of aromatic nitrogens is 2. The summed E-state index contributed by atoms with van der Waals surface area (Å²) in [6.07, 6.45) is 16.6. The third-order valence-corrected chi connectivity index (χ3v) is 8.97. The van der Waals surface area contributed by atoms with Crippen molar-refractivity contribution in [2.24, 2.45) is 28.6 Å². The molecule has 3 fully saturated rings. The number of rotatable bonds is 3. The van der Waals surface area contributed by atoms with Gasteiger partial charge in [-0.1, -0.05) is 19.4 Å². The number of hydrogen-bond donors (Lipinski definition) is 0. The lowest BCUT2D eigenvalue weighted by atomic mass is 9.46. The first-order valence-corrected chi connectivity index (χ1v) is 11.4. The van der Waals surface area contributed by atoms with Crippen LogP contribution in [0.4, 0.5) is 0 Å². The lowest BCUT2D eigenvalue weighted by Gasteiger charge is -2.59. The van der Waals surface area contributed by atoms with Gasteiger partial charge >= 0.3 is 5.97 Å². The first kappa shape index (κ1) is 19.8. The molecule has 1 heterocycles. The molecule has 3 saturated carbocycles. The summed E-state index contributed by atoms with van der Waals surface area (Å²) >= 11 is 0. The van der Waals surface area contributed by atoms with Gasteiger partial charge in [-0.2, -0.15) is 0 Å². The lowest BCUT2D eigenvalue weighted by molar-refractivity contribution is -0.154. The topological polar surface area (TPSA) is 61.2 Å². The minimum atomic E-state index is -0.152. The predicted octanol–water partition coefficient (Wildman–Crippen LogP) is 4.80. The normalized spacial score (nSPS) is 40.2. The van der Waals surface area contributed by atoms with Crippen molar-refractivity contribution in [2.45, 2.75) is 71.8 Å². The summed E-state index contributed by atoms with van der Waals surface area (Å²) in [6.45, 7) is 6.34. The van der Waals surface area contributed by atoms with Crippen molar-refractivity contribution in [2.75, 3.05) is 0 Å². The van der Waals surface area contributed by atoms with Crippen LogP contribution in [0.25, 0.3) is 5.70 Å². The number of imidazole rings is 1. The second kappa shape index (κ2) is 6.93. The SMILES string of the molecule is CC(=O)O[C@H]1CC[C@@]2(C)[C@@H](CC[C@H]3C4=CC(C=O)=C(n5ccnc5)[C@@]4(C)CC[C@@H]32)C1. The summed E-state index contributed by atoms with van der Waals surface area (Å²) in [5.41, 5.74) is 3.59. The number of fused-ring (bicyclic) bond motifs is 5. The minimum Gasteiger partial charge on any atom is -0.463 e. The van der Waals surface area contributed by atoms with Crippen LogP contribution in [0.5, 0.6) is 0 Å². The van der Waals surface area contributed by atoms with Crippen LogP contribution < -0.4 is 0 Å². The Hall–Kier alpha value is -2.17. The number of allylic oxidation sites excluding steroid dienone is 4. The van der Waals surface area contributed by atoms with E-state index in [9.17, 15) is 9.59 Å². The standard InChI is InChI=1S/C25H32N2O3/c1-16(29)30-19-6-8-24(2)18(13-19)4-5-20-21(24)7-9-25(3)22(20)12-17(14-28)23(25)27-11-10-26-15-27/h10-12,14-15,18-21H,4-9,13H2,1-3H3/t18-,19-,20+,21-,24-,25-/m0/s1.